The molecule has 5 heteroatoms. The summed E-state index contributed by atoms with van der Waals surface area (Å²) >= 11 is 0. The van der Waals surface area contributed by atoms with Crippen LogP contribution in [0.5, 0.6) is 5.75 Å². The Labute approximate surface area is 112 Å². The predicted molar refractivity (Wildman–Crippen MR) is 75.1 cm³/mol. The standard InChI is InChI=1S/C14H19N3O2/c1-9-7-10(2)13(17-5-3-15-4-6-17)14-12(9)16-11(18)8-19-14/h7,15H,3-6,8H2,1-2H3,(H,16,18). The lowest BCUT2D eigenvalue weighted by Crippen LogP contribution is -2.44. The Morgan fingerprint density at radius 1 is 1.21 bits per heavy atom. The van der Waals surface area contributed by atoms with Crippen LogP contribution in [-0.4, -0.2) is 38.7 Å². The quantitative estimate of drug-likeness (QED) is 0.793. The van der Waals surface area contributed by atoms with E-state index in [4.69, 9.17) is 4.74 Å². The SMILES string of the molecule is Cc1cc(C)c(N2CCNCC2)c2c1NC(=O)CO2. The zero-order valence-corrected chi connectivity index (χ0v) is 11.4. The first-order valence-electron chi connectivity index (χ1n) is 6.69. The molecule has 0 radical (unpaired) electrons. The van der Waals surface area contributed by atoms with Crippen molar-refractivity contribution in [2.75, 3.05) is 43.0 Å². The number of nitrogens with zero attached hydrogens (tertiary/aromatic N) is 1. The van der Waals surface area contributed by atoms with Gasteiger partial charge in [0.05, 0.1) is 11.4 Å². The summed E-state index contributed by atoms with van der Waals surface area (Å²) in [6, 6.07) is 2.12. The zero-order chi connectivity index (χ0) is 13.4. The zero-order valence-electron chi connectivity index (χ0n) is 11.4. The summed E-state index contributed by atoms with van der Waals surface area (Å²) in [6.45, 7) is 8.10. The average Bonchev–Trinajstić information content (AvgIpc) is 2.41. The second kappa shape index (κ2) is 4.74. The van der Waals surface area contributed by atoms with Gasteiger partial charge in [-0.1, -0.05) is 6.07 Å². The molecule has 1 aromatic carbocycles. The molecular weight excluding hydrogens is 242 g/mol. The van der Waals surface area contributed by atoms with Gasteiger partial charge in [0.25, 0.3) is 5.91 Å². The number of benzene rings is 1. The van der Waals surface area contributed by atoms with E-state index in [1.54, 1.807) is 0 Å². The van der Waals surface area contributed by atoms with Gasteiger partial charge in [0.1, 0.15) is 0 Å². The summed E-state index contributed by atoms with van der Waals surface area (Å²) in [5.41, 5.74) is 4.21. The van der Waals surface area contributed by atoms with Crippen molar-refractivity contribution in [1.29, 1.82) is 0 Å². The normalized spacial score (nSPS) is 18.6. The molecule has 102 valence electrons. The Kier molecular flexibility index (Phi) is 3.06. The highest BCUT2D eigenvalue weighted by atomic mass is 16.5. The molecule has 5 nitrogen and oxygen atoms in total. The van der Waals surface area contributed by atoms with E-state index < -0.39 is 0 Å². The summed E-state index contributed by atoms with van der Waals surface area (Å²) in [5.74, 6) is 0.754. The molecule has 0 unspecified atom stereocenters. The summed E-state index contributed by atoms with van der Waals surface area (Å²) in [5, 5.41) is 6.28. The molecule has 0 spiro atoms. The van der Waals surface area contributed by atoms with Gasteiger partial charge < -0.3 is 20.3 Å². The summed E-state index contributed by atoms with van der Waals surface area (Å²) < 4.78 is 5.71. The highest BCUT2D eigenvalue weighted by molar-refractivity contribution is 5.98. The topological polar surface area (TPSA) is 53.6 Å². The largest absolute Gasteiger partial charge is 0.479 e. The molecule has 2 heterocycles. The lowest BCUT2D eigenvalue weighted by Gasteiger charge is -2.34. The van der Waals surface area contributed by atoms with Crippen LogP contribution in [0.4, 0.5) is 11.4 Å². The first-order chi connectivity index (χ1) is 9.16. The second-order valence-corrected chi connectivity index (χ2v) is 5.14. The molecule has 0 bridgehead atoms. The summed E-state index contributed by atoms with van der Waals surface area (Å²) in [4.78, 5) is 13.8. The first kappa shape index (κ1) is 12.3. The van der Waals surface area contributed by atoms with Gasteiger partial charge in [0.2, 0.25) is 0 Å². The average molecular weight is 261 g/mol. The maximum Gasteiger partial charge on any atom is 0.262 e. The Bertz CT molecular complexity index is 522. The number of anilines is 2. The van der Waals surface area contributed by atoms with E-state index in [1.807, 2.05) is 6.92 Å². The van der Waals surface area contributed by atoms with Crippen LogP contribution in [-0.2, 0) is 4.79 Å². The van der Waals surface area contributed by atoms with Crippen molar-refractivity contribution in [3.63, 3.8) is 0 Å². The Hall–Kier alpha value is -1.75. The van der Waals surface area contributed by atoms with E-state index in [-0.39, 0.29) is 12.5 Å². The van der Waals surface area contributed by atoms with Crippen LogP contribution < -0.4 is 20.3 Å². The lowest BCUT2D eigenvalue weighted by atomic mass is 10.0. The van der Waals surface area contributed by atoms with E-state index in [0.29, 0.717) is 0 Å². The molecule has 0 atom stereocenters. The second-order valence-electron chi connectivity index (χ2n) is 5.14. The molecule has 1 aromatic rings. The number of piperazine rings is 1. The molecule has 0 saturated carbocycles. The third-order valence-corrected chi connectivity index (χ3v) is 3.69. The van der Waals surface area contributed by atoms with E-state index in [1.165, 1.54) is 5.56 Å². The van der Waals surface area contributed by atoms with Crippen molar-refractivity contribution < 1.29 is 9.53 Å². The van der Waals surface area contributed by atoms with E-state index >= 15 is 0 Å². The van der Waals surface area contributed by atoms with Gasteiger partial charge in [-0.15, -0.1) is 0 Å². The molecular formula is C14H19N3O2. The smallest absolute Gasteiger partial charge is 0.262 e. The minimum Gasteiger partial charge on any atom is -0.479 e. The lowest BCUT2D eigenvalue weighted by molar-refractivity contribution is -0.118. The van der Waals surface area contributed by atoms with Crippen LogP contribution in [0.3, 0.4) is 0 Å². The number of aryl methyl sites for hydroxylation is 2. The number of hydrogen-bond donors (Lipinski definition) is 2. The number of fused-ring (bicyclic) bond motifs is 1. The number of hydrogen-bond acceptors (Lipinski definition) is 4. The highest BCUT2D eigenvalue weighted by Crippen LogP contribution is 2.42. The van der Waals surface area contributed by atoms with Crippen LogP contribution in [0.1, 0.15) is 11.1 Å². The van der Waals surface area contributed by atoms with Gasteiger partial charge >= 0.3 is 0 Å². The number of carbonyl (C=O) groups is 1. The molecule has 0 aromatic heterocycles. The van der Waals surface area contributed by atoms with E-state index in [2.05, 4.69) is 28.5 Å². The van der Waals surface area contributed by atoms with Crippen molar-refractivity contribution >= 4 is 17.3 Å². The van der Waals surface area contributed by atoms with Crippen molar-refractivity contribution in [2.45, 2.75) is 13.8 Å². The van der Waals surface area contributed by atoms with Gasteiger partial charge in [-0.3, -0.25) is 4.79 Å². The number of ether oxygens (including phenoxy) is 1. The van der Waals surface area contributed by atoms with Crippen molar-refractivity contribution in [1.82, 2.24) is 5.32 Å². The Morgan fingerprint density at radius 3 is 2.68 bits per heavy atom. The van der Waals surface area contributed by atoms with Crippen LogP contribution in [0.2, 0.25) is 0 Å². The fourth-order valence-electron chi connectivity index (χ4n) is 2.83. The van der Waals surface area contributed by atoms with Gasteiger partial charge in [-0.25, -0.2) is 0 Å². The molecule has 1 saturated heterocycles. The summed E-state index contributed by atoms with van der Waals surface area (Å²) in [7, 11) is 0. The van der Waals surface area contributed by atoms with E-state index in [0.717, 1.165) is 48.9 Å². The van der Waals surface area contributed by atoms with Gasteiger partial charge in [-0.05, 0) is 25.0 Å². The minimum atomic E-state index is -0.0780. The van der Waals surface area contributed by atoms with Gasteiger partial charge in [0.15, 0.2) is 12.4 Å². The molecule has 2 aliphatic rings. The number of rotatable bonds is 1. The van der Waals surface area contributed by atoms with Crippen molar-refractivity contribution in [3.8, 4) is 5.75 Å². The minimum absolute atomic E-state index is 0.0780. The van der Waals surface area contributed by atoms with Crippen LogP contribution >= 0.6 is 0 Å². The number of nitrogens with one attached hydrogen (secondary N) is 2. The van der Waals surface area contributed by atoms with Gasteiger partial charge in [-0.2, -0.15) is 0 Å². The maximum absolute atomic E-state index is 11.5. The highest BCUT2D eigenvalue weighted by Gasteiger charge is 2.26. The molecule has 1 amide bonds. The molecule has 2 aliphatic heterocycles. The molecule has 1 fully saturated rings. The van der Waals surface area contributed by atoms with Crippen LogP contribution in [0.15, 0.2) is 6.07 Å². The maximum atomic E-state index is 11.5. The molecule has 3 rings (SSSR count). The molecule has 19 heavy (non-hydrogen) atoms. The predicted octanol–water partition coefficient (Wildman–Crippen LogP) is 1.04. The third-order valence-electron chi connectivity index (χ3n) is 3.69. The van der Waals surface area contributed by atoms with Crippen LogP contribution in [0, 0.1) is 13.8 Å². The fourth-order valence-corrected chi connectivity index (χ4v) is 2.83. The van der Waals surface area contributed by atoms with E-state index in [9.17, 15) is 4.79 Å². The molecule has 0 aliphatic carbocycles. The van der Waals surface area contributed by atoms with Crippen LogP contribution in [0.25, 0.3) is 0 Å². The summed E-state index contributed by atoms with van der Waals surface area (Å²) in [6.07, 6.45) is 0. The first-order valence-corrected chi connectivity index (χ1v) is 6.69. The monoisotopic (exact) mass is 261 g/mol. The molecule has 2 N–H and O–H groups in total. The number of amides is 1. The number of carbonyl (C=O) groups excluding carboxylic acids is 1. The Morgan fingerprint density at radius 2 is 1.95 bits per heavy atom. The van der Waals surface area contributed by atoms with Gasteiger partial charge in [0, 0.05) is 26.2 Å². The fraction of sp³-hybridized carbons (Fsp3) is 0.500. The van der Waals surface area contributed by atoms with Crippen molar-refractivity contribution in [3.05, 3.63) is 17.2 Å². The van der Waals surface area contributed by atoms with Crippen molar-refractivity contribution in [2.24, 2.45) is 0 Å². The third kappa shape index (κ3) is 2.14. The Balaban J connectivity index is 2.08.